The second-order valence-corrected chi connectivity index (χ2v) is 21.3. The predicted molar refractivity (Wildman–Crippen MR) is 346 cm³/mol. The molecule has 398 valence electrons. The van der Waals surface area contributed by atoms with Crippen molar-refractivity contribution in [3.63, 3.8) is 0 Å². The predicted octanol–water partition coefficient (Wildman–Crippen LogP) is 19.0. The third-order valence-electron chi connectivity index (χ3n) is 16.3. The molecule has 8 heteroatoms. The van der Waals surface area contributed by atoms with Crippen molar-refractivity contribution < 1.29 is 0 Å². The first kappa shape index (κ1) is 50.7. The molecule has 3 heterocycles. The number of fused-ring (bicyclic) bond motifs is 6. The van der Waals surface area contributed by atoms with Gasteiger partial charge < -0.3 is 9.13 Å². The first-order chi connectivity index (χ1) is 42.5. The van der Waals surface area contributed by atoms with E-state index in [2.05, 4.69) is 197 Å². The zero-order valence-corrected chi connectivity index (χ0v) is 46.1. The fourth-order valence-corrected chi connectivity index (χ4v) is 12.2. The molecule has 0 aliphatic carbocycles. The Balaban J connectivity index is 1.03. The van der Waals surface area contributed by atoms with Crippen molar-refractivity contribution in [1.82, 2.24) is 24.1 Å². The molecule has 0 N–H and O–H groups in total. The van der Waals surface area contributed by atoms with Crippen LogP contribution in [-0.2, 0) is 0 Å². The van der Waals surface area contributed by atoms with E-state index in [0.29, 0.717) is 34.2 Å². The van der Waals surface area contributed by atoms with Crippen LogP contribution in [0.3, 0.4) is 0 Å². The summed E-state index contributed by atoms with van der Waals surface area (Å²) in [5.74, 6) is 1.29. The monoisotopic (exact) mass is 1090 g/mol. The van der Waals surface area contributed by atoms with Gasteiger partial charge in [0.15, 0.2) is 17.5 Å². The lowest BCUT2D eigenvalue weighted by Crippen LogP contribution is -2.06. The number of para-hydroxylation sites is 2. The molecule has 0 saturated carbocycles. The van der Waals surface area contributed by atoms with E-state index in [0.717, 1.165) is 127 Å². The van der Waals surface area contributed by atoms with Gasteiger partial charge in [-0.2, -0.15) is 15.8 Å². The number of hydrogen-bond acceptors (Lipinski definition) is 6. The number of hydrogen-bond donors (Lipinski definition) is 0. The van der Waals surface area contributed by atoms with Crippen molar-refractivity contribution in [2.45, 2.75) is 0 Å². The maximum atomic E-state index is 10.3. The molecular formula is C78H46N8. The fourth-order valence-electron chi connectivity index (χ4n) is 12.2. The van der Waals surface area contributed by atoms with Crippen LogP contribution < -0.4 is 0 Å². The quantitative estimate of drug-likeness (QED) is 0.135. The van der Waals surface area contributed by atoms with Gasteiger partial charge in [-0.25, -0.2) is 15.0 Å². The highest BCUT2D eigenvalue weighted by Crippen LogP contribution is 2.43. The second-order valence-electron chi connectivity index (χ2n) is 21.3. The molecule has 0 amide bonds. The number of rotatable bonds is 10. The van der Waals surface area contributed by atoms with Crippen molar-refractivity contribution >= 4 is 43.6 Å². The van der Waals surface area contributed by atoms with Gasteiger partial charge in [-0.3, -0.25) is 0 Å². The average Bonchev–Trinajstić information content (AvgIpc) is 1.98. The molecule has 86 heavy (non-hydrogen) atoms. The molecule has 0 unspecified atom stereocenters. The van der Waals surface area contributed by atoms with Gasteiger partial charge in [-0.05, 0) is 153 Å². The third kappa shape index (κ3) is 8.90. The summed E-state index contributed by atoms with van der Waals surface area (Å²) in [5, 5.41) is 34.9. The Kier molecular flexibility index (Phi) is 12.5. The van der Waals surface area contributed by atoms with Crippen molar-refractivity contribution in [2.24, 2.45) is 0 Å². The first-order valence-corrected chi connectivity index (χ1v) is 28.3. The fraction of sp³-hybridized carbons (Fsp3) is 0. The van der Waals surface area contributed by atoms with Crippen molar-refractivity contribution in [2.75, 3.05) is 0 Å². The minimum Gasteiger partial charge on any atom is -0.308 e. The standard InChI is InChI=1S/C78H46N8/c79-47-50-16-13-23-54(40-50)58-32-36-66(74(45-58)85-70-30-11-9-28-64(70)68-43-56(34-38-72(68)85)52-18-3-1-4-19-52)77-82-76(61-26-15-25-60(42-61)63-27-8-7-22-62(63)49-81)83-78(84-77)67-37-33-59(55-24-14-17-51(41-55)48-80)46-75(67)86-71-31-12-10-29-65(71)69-44-57(35-39-73(69)86)53-20-5-2-6-21-53/h1-46H. The lowest BCUT2D eigenvalue weighted by molar-refractivity contribution is 1.06. The molecule has 0 aliphatic rings. The number of nitriles is 3. The van der Waals surface area contributed by atoms with Gasteiger partial charge in [0, 0.05) is 38.2 Å². The molecule has 0 atom stereocenters. The van der Waals surface area contributed by atoms with E-state index in [1.807, 2.05) is 109 Å². The number of benzene rings is 12. The Morgan fingerprint density at radius 2 is 0.640 bits per heavy atom. The molecule has 0 aliphatic heterocycles. The number of aromatic nitrogens is 5. The van der Waals surface area contributed by atoms with Crippen LogP contribution in [0.25, 0.3) is 145 Å². The molecule has 0 bridgehead atoms. The van der Waals surface area contributed by atoms with Crippen LogP contribution in [-0.4, -0.2) is 24.1 Å². The maximum Gasteiger partial charge on any atom is 0.166 e. The van der Waals surface area contributed by atoms with E-state index in [4.69, 9.17) is 15.0 Å². The maximum absolute atomic E-state index is 10.3. The normalized spacial score (nSPS) is 11.2. The Morgan fingerprint density at radius 1 is 0.244 bits per heavy atom. The third-order valence-corrected chi connectivity index (χ3v) is 16.3. The summed E-state index contributed by atoms with van der Waals surface area (Å²) >= 11 is 0. The van der Waals surface area contributed by atoms with E-state index < -0.39 is 0 Å². The molecule has 0 saturated heterocycles. The molecule has 0 fully saturated rings. The summed E-state index contributed by atoms with van der Waals surface area (Å²) in [7, 11) is 0. The average molecular weight is 1100 g/mol. The van der Waals surface area contributed by atoms with Gasteiger partial charge >= 0.3 is 0 Å². The molecule has 15 rings (SSSR count). The van der Waals surface area contributed by atoms with Crippen molar-refractivity contribution in [1.29, 1.82) is 15.8 Å². The molecule has 0 radical (unpaired) electrons. The van der Waals surface area contributed by atoms with Crippen LogP contribution in [0.15, 0.2) is 279 Å². The van der Waals surface area contributed by atoms with Gasteiger partial charge in [-0.1, -0.05) is 182 Å². The van der Waals surface area contributed by atoms with Gasteiger partial charge in [0.05, 0.1) is 68.3 Å². The molecule has 3 aromatic heterocycles. The summed E-state index contributed by atoms with van der Waals surface area (Å²) in [5.41, 5.74) is 19.2. The highest BCUT2D eigenvalue weighted by Gasteiger charge is 2.25. The van der Waals surface area contributed by atoms with E-state index in [1.54, 1.807) is 0 Å². The first-order valence-electron chi connectivity index (χ1n) is 28.3. The minimum atomic E-state index is 0.429. The highest BCUT2D eigenvalue weighted by atomic mass is 15.1. The van der Waals surface area contributed by atoms with E-state index in [-0.39, 0.29) is 0 Å². The Hall–Kier alpha value is -12.3. The number of nitrogens with zero attached hydrogens (tertiary/aromatic N) is 8. The Morgan fingerprint density at radius 3 is 1.16 bits per heavy atom. The van der Waals surface area contributed by atoms with E-state index >= 15 is 0 Å². The van der Waals surface area contributed by atoms with E-state index in [9.17, 15) is 15.8 Å². The molecule has 15 aromatic rings. The summed E-state index contributed by atoms with van der Waals surface area (Å²) in [6, 6.07) is 102. The van der Waals surface area contributed by atoms with Gasteiger partial charge in [-0.15, -0.1) is 0 Å². The zero-order valence-electron chi connectivity index (χ0n) is 46.1. The summed E-state index contributed by atoms with van der Waals surface area (Å²) in [4.78, 5) is 16.7. The van der Waals surface area contributed by atoms with E-state index in [1.165, 1.54) is 0 Å². The summed E-state index contributed by atoms with van der Waals surface area (Å²) in [6.07, 6.45) is 0. The van der Waals surface area contributed by atoms with Crippen molar-refractivity contribution in [3.05, 3.63) is 296 Å². The van der Waals surface area contributed by atoms with Crippen LogP contribution in [0, 0.1) is 34.0 Å². The van der Waals surface area contributed by atoms with Crippen LogP contribution in [0.5, 0.6) is 0 Å². The molecule has 0 spiro atoms. The van der Waals surface area contributed by atoms with Crippen LogP contribution in [0.2, 0.25) is 0 Å². The minimum absolute atomic E-state index is 0.429. The largest absolute Gasteiger partial charge is 0.308 e. The zero-order chi connectivity index (χ0) is 57.7. The lowest BCUT2D eigenvalue weighted by Gasteiger charge is -2.18. The van der Waals surface area contributed by atoms with Gasteiger partial charge in [0.2, 0.25) is 0 Å². The summed E-state index contributed by atoms with van der Waals surface area (Å²) in [6.45, 7) is 0. The highest BCUT2D eigenvalue weighted by molar-refractivity contribution is 6.12. The molecular weight excluding hydrogens is 1050 g/mol. The molecule has 12 aromatic carbocycles. The summed E-state index contributed by atoms with van der Waals surface area (Å²) < 4.78 is 4.62. The Labute approximate surface area is 495 Å². The van der Waals surface area contributed by atoms with Crippen LogP contribution in [0.4, 0.5) is 0 Å². The topological polar surface area (TPSA) is 120 Å². The Bertz CT molecular complexity index is 5060. The second kappa shape index (κ2) is 21.2. The van der Waals surface area contributed by atoms with Crippen LogP contribution in [0.1, 0.15) is 16.7 Å². The SMILES string of the molecule is N#Cc1cccc(-c2ccc(-c3nc(-c4cccc(-c5ccccc5C#N)c4)nc(-c4ccc(-c5cccc(C#N)c5)cc4-n4c5ccccc5c5cc(-c6ccccc6)ccc54)n3)c(-n3c4ccccc4c4cc(-c5ccccc5)ccc43)c2)c1. The van der Waals surface area contributed by atoms with Crippen molar-refractivity contribution in [3.8, 4) is 119 Å². The lowest BCUT2D eigenvalue weighted by atomic mass is 9.98. The smallest absolute Gasteiger partial charge is 0.166 e. The van der Waals surface area contributed by atoms with Gasteiger partial charge in [0.1, 0.15) is 0 Å². The van der Waals surface area contributed by atoms with Gasteiger partial charge in [0.25, 0.3) is 0 Å². The van der Waals surface area contributed by atoms with Crippen LogP contribution >= 0.6 is 0 Å². The molecule has 8 nitrogen and oxygen atoms in total.